The van der Waals surface area contributed by atoms with E-state index in [1.807, 2.05) is 18.7 Å². The van der Waals surface area contributed by atoms with Crippen LogP contribution in [-0.2, 0) is 9.59 Å². The van der Waals surface area contributed by atoms with Crippen molar-refractivity contribution in [2.45, 2.75) is 57.7 Å². The zero-order valence-corrected chi connectivity index (χ0v) is 11.2. The van der Waals surface area contributed by atoms with Gasteiger partial charge in [-0.15, -0.1) is 0 Å². The van der Waals surface area contributed by atoms with Crippen LogP contribution in [0.3, 0.4) is 0 Å². The summed E-state index contributed by atoms with van der Waals surface area (Å²) in [4.78, 5) is 25.5. The third-order valence-electron chi connectivity index (χ3n) is 3.69. The fourth-order valence-corrected chi connectivity index (χ4v) is 3.00. The maximum Gasteiger partial charge on any atom is 0.234 e. The van der Waals surface area contributed by atoms with Gasteiger partial charge in [-0.1, -0.05) is 12.8 Å². The molecule has 2 aliphatic rings. The van der Waals surface area contributed by atoms with Crippen molar-refractivity contribution >= 4 is 11.8 Å². The predicted molar refractivity (Wildman–Crippen MR) is 69.0 cm³/mol. The molecule has 0 bridgehead atoms. The van der Waals surface area contributed by atoms with E-state index < -0.39 is 0 Å². The fraction of sp³-hybridized carbons (Fsp3) is 0.846. The number of fused-ring (bicyclic) bond motifs is 1. The molecule has 1 heterocycles. The van der Waals surface area contributed by atoms with Crippen molar-refractivity contribution in [1.82, 2.24) is 15.5 Å². The SMILES string of the molecule is CC(C)NC(=O)CN1CC(=O)NC2CCCCC21. The maximum absolute atomic E-state index is 11.8. The summed E-state index contributed by atoms with van der Waals surface area (Å²) in [5.74, 6) is 0.0690. The Bertz CT molecular complexity index is 330. The van der Waals surface area contributed by atoms with Crippen molar-refractivity contribution in [3.63, 3.8) is 0 Å². The molecule has 102 valence electrons. The van der Waals surface area contributed by atoms with Gasteiger partial charge in [-0.05, 0) is 26.7 Å². The van der Waals surface area contributed by atoms with Crippen LogP contribution in [0.1, 0.15) is 39.5 Å². The highest BCUT2D eigenvalue weighted by atomic mass is 16.2. The van der Waals surface area contributed by atoms with Crippen molar-refractivity contribution in [3.8, 4) is 0 Å². The highest BCUT2D eigenvalue weighted by molar-refractivity contribution is 5.82. The van der Waals surface area contributed by atoms with Gasteiger partial charge in [-0.2, -0.15) is 0 Å². The summed E-state index contributed by atoms with van der Waals surface area (Å²) in [6.45, 7) is 4.59. The van der Waals surface area contributed by atoms with E-state index in [1.165, 1.54) is 12.8 Å². The lowest BCUT2D eigenvalue weighted by Crippen LogP contribution is -2.62. The van der Waals surface area contributed by atoms with Gasteiger partial charge in [0.1, 0.15) is 0 Å². The molecule has 2 atom stereocenters. The van der Waals surface area contributed by atoms with Crippen LogP contribution >= 0.6 is 0 Å². The minimum atomic E-state index is 0.0176. The zero-order chi connectivity index (χ0) is 13.1. The third-order valence-corrected chi connectivity index (χ3v) is 3.69. The summed E-state index contributed by atoms with van der Waals surface area (Å²) in [5, 5.41) is 5.94. The van der Waals surface area contributed by atoms with E-state index in [0.717, 1.165) is 12.8 Å². The van der Waals surface area contributed by atoms with Gasteiger partial charge >= 0.3 is 0 Å². The summed E-state index contributed by atoms with van der Waals surface area (Å²) < 4.78 is 0. The van der Waals surface area contributed by atoms with Crippen molar-refractivity contribution in [2.24, 2.45) is 0 Å². The first-order chi connectivity index (χ1) is 8.56. The van der Waals surface area contributed by atoms with Crippen molar-refractivity contribution in [3.05, 3.63) is 0 Å². The molecule has 0 spiro atoms. The molecule has 5 nitrogen and oxygen atoms in total. The summed E-state index contributed by atoms with van der Waals surface area (Å²) in [5.41, 5.74) is 0. The van der Waals surface area contributed by atoms with E-state index in [-0.39, 0.29) is 23.9 Å². The van der Waals surface area contributed by atoms with Gasteiger partial charge in [0, 0.05) is 18.1 Å². The van der Waals surface area contributed by atoms with Crippen LogP contribution in [0.2, 0.25) is 0 Å². The average Bonchev–Trinajstić information content (AvgIpc) is 2.27. The molecule has 2 unspecified atom stereocenters. The summed E-state index contributed by atoms with van der Waals surface area (Å²) in [7, 11) is 0. The van der Waals surface area contributed by atoms with E-state index in [2.05, 4.69) is 10.6 Å². The molecule has 1 aliphatic carbocycles. The van der Waals surface area contributed by atoms with Crippen LogP contribution in [0.4, 0.5) is 0 Å². The molecule has 18 heavy (non-hydrogen) atoms. The van der Waals surface area contributed by atoms with Gasteiger partial charge in [0.05, 0.1) is 13.1 Å². The number of hydrogen-bond donors (Lipinski definition) is 2. The molecule has 5 heteroatoms. The smallest absolute Gasteiger partial charge is 0.234 e. The molecular formula is C13H23N3O2. The van der Waals surface area contributed by atoms with Gasteiger partial charge < -0.3 is 10.6 Å². The number of nitrogens with zero attached hydrogens (tertiary/aromatic N) is 1. The van der Waals surface area contributed by atoms with E-state index in [4.69, 9.17) is 0 Å². The van der Waals surface area contributed by atoms with Gasteiger partial charge in [-0.3, -0.25) is 14.5 Å². The Morgan fingerprint density at radius 3 is 2.89 bits per heavy atom. The fourth-order valence-electron chi connectivity index (χ4n) is 3.00. The van der Waals surface area contributed by atoms with Gasteiger partial charge in [0.2, 0.25) is 11.8 Å². The minimum Gasteiger partial charge on any atom is -0.353 e. The Labute approximate surface area is 108 Å². The lowest BCUT2D eigenvalue weighted by Gasteiger charge is -2.43. The summed E-state index contributed by atoms with van der Waals surface area (Å²) in [6, 6.07) is 0.736. The molecule has 0 aromatic heterocycles. The second kappa shape index (κ2) is 5.69. The predicted octanol–water partition coefficient (Wildman–Crippen LogP) is 0.254. The monoisotopic (exact) mass is 253 g/mol. The molecule has 2 N–H and O–H groups in total. The lowest BCUT2D eigenvalue weighted by atomic mass is 9.87. The first kappa shape index (κ1) is 13.3. The van der Waals surface area contributed by atoms with Gasteiger partial charge in [0.25, 0.3) is 0 Å². The molecule has 1 aliphatic heterocycles. The Morgan fingerprint density at radius 2 is 2.17 bits per heavy atom. The number of piperazine rings is 1. The Kier molecular flexibility index (Phi) is 4.22. The standard InChI is InChI=1S/C13H23N3O2/c1-9(2)14-12(17)7-16-8-13(18)15-10-5-3-4-6-11(10)16/h9-11H,3-8H2,1-2H3,(H,14,17)(H,15,18). The number of carbonyl (C=O) groups is 2. The Hall–Kier alpha value is -1.10. The molecule has 0 aromatic rings. The van der Waals surface area contributed by atoms with Crippen LogP contribution < -0.4 is 10.6 Å². The van der Waals surface area contributed by atoms with Crippen LogP contribution in [0, 0.1) is 0 Å². The molecule has 0 aromatic carbocycles. The van der Waals surface area contributed by atoms with E-state index in [1.54, 1.807) is 0 Å². The van der Waals surface area contributed by atoms with Gasteiger partial charge in [-0.25, -0.2) is 0 Å². The first-order valence-corrected chi connectivity index (χ1v) is 6.89. The highest BCUT2D eigenvalue weighted by Crippen LogP contribution is 2.25. The molecule has 2 rings (SSSR count). The molecule has 2 fully saturated rings. The summed E-state index contributed by atoms with van der Waals surface area (Å²) in [6.07, 6.45) is 4.49. The van der Waals surface area contributed by atoms with E-state index >= 15 is 0 Å². The zero-order valence-electron chi connectivity index (χ0n) is 11.2. The topological polar surface area (TPSA) is 61.4 Å². The number of hydrogen-bond acceptors (Lipinski definition) is 3. The number of rotatable bonds is 3. The van der Waals surface area contributed by atoms with Crippen LogP contribution in [0.5, 0.6) is 0 Å². The van der Waals surface area contributed by atoms with E-state index in [9.17, 15) is 9.59 Å². The number of amides is 2. The molecule has 1 saturated carbocycles. The Balaban J connectivity index is 1.96. The van der Waals surface area contributed by atoms with Crippen LogP contribution in [0.25, 0.3) is 0 Å². The summed E-state index contributed by atoms with van der Waals surface area (Å²) >= 11 is 0. The highest BCUT2D eigenvalue weighted by Gasteiger charge is 2.36. The average molecular weight is 253 g/mol. The Morgan fingerprint density at radius 1 is 1.44 bits per heavy atom. The van der Waals surface area contributed by atoms with Crippen molar-refractivity contribution in [1.29, 1.82) is 0 Å². The maximum atomic E-state index is 11.8. The third kappa shape index (κ3) is 3.22. The van der Waals surface area contributed by atoms with Crippen molar-refractivity contribution in [2.75, 3.05) is 13.1 Å². The lowest BCUT2D eigenvalue weighted by molar-refractivity contribution is -0.131. The quantitative estimate of drug-likeness (QED) is 0.758. The first-order valence-electron chi connectivity index (χ1n) is 6.89. The second-order valence-corrected chi connectivity index (χ2v) is 5.65. The number of nitrogens with one attached hydrogen (secondary N) is 2. The molecule has 2 amide bonds. The molecule has 1 saturated heterocycles. The van der Waals surface area contributed by atoms with Crippen molar-refractivity contribution < 1.29 is 9.59 Å². The van der Waals surface area contributed by atoms with Crippen LogP contribution in [0.15, 0.2) is 0 Å². The minimum absolute atomic E-state index is 0.0176. The number of carbonyl (C=O) groups excluding carboxylic acids is 2. The largest absolute Gasteiger partial charge is 0.353 e. The second-order valence-electron chi connectivity index (χ2n) is 5.65. The van der Waals surface area contributed by atoms with Gasteiger partial charge in [0.15, 0.2) is 0 Å². The normalized spacial score (nSPS) is 28.7. The van der Waals surface area contributed by atoms with E-state index in [0.29, 0.717) is 19.1 Å². The molecule has 0 radical (unpaired) electrons. The molecular weight excluding hydrogens is 230 g/mol. The van der Waals surface area contributed by atoms with Crippen LogP contribution in [-0.4, -0.2) is 47.9 Å².